The first kappa shape index (κ1) is 40.7. The summed E-state index contributed by atoms with van der Waals surface area (Å²) in [5.74, 6) is 0.809. The Hall–Kier alpha value is -8.78. The number of nitrogens with zero attached hydrogens (tertiary/aromatic N) is 4. The van der Waals surface area contributed by atoms with Crippen LogP contribution in [0.4, 0.5) is 0 Å². The first-order valence-electron chi connectivity index (χ1n) is 23.2. The number of benzene rings is 9. The van der Waals surface area contributed by atoms with Crippen LogP contribution in [-0.4, -0.2) is 14.1 Å². The van der Waals surface area contributed by atoms with E-state index in [2.05, 4.69) is 231 Å². The number of nitriles is 1. The summed E-state index contributed by atoms with van der Waals surface area (Å²) >= 11 is 0. The summed E-state index contributed by atoms with van der Waals surface area (Å²) in [5, 5.41) is 14.6. The summed E-state index contributed by atoms with van der Waals surface area (Å²) in [6.45, 7) is 8.59. The molecule has 3 heterocycles. The molecule has 322 valence electrons. The van der Waals surface area contributed by atoms with Gasteiger partial charge in [0.1, 0.15) is 5.82 Å². The number of rotatable bonds is 7. The van der Waals surface area contributed by atoms with Crippen molar-refractivity contribution in [1.29, 1.82) is 5.26 Å². The van der Waals surface area contributed by atoms with Crippen LogP contribution in [0.15, 0.2) is 206 Å². The second kappa shape index (κ2) is 16.3. The van der Waals surface area contributed by atoms with Crippen LogP contribution in [-0.2, 0) is 0 Å². The summed E-state index contributed by atoms with van der Waals surface area (Å²) in [5.41, 5.74) is 22.3. The summed E-state index contributed by atoms with van der Waals surface area (Å²) in [4.78, 5) is 5.43. The first-order valence-corrected chi connectivity index (χ1v) is 23.2. The summed E-state index contributed by atoms with van der Waals surface area (Å²) < 4.78 is 4.69. The highest BCUT2D eigenvalue weighted by Crippen LogP contribution is 2.42. The Balaban J connectivity index is 1.12. The Bertz CT molecular complexity index is 3820. The van der Waals surface area contributed by atoms with Gasteiger partial charge in [0.25, 0.3) is 0 Å². The Labute approximate surface area is 396 Å². The van der Waals surface area contributed by atoms with Crippen molar-refractivity contribution in [1.82, 2.24) is 14.1 Å². The Morgan fingerprint density at radius 2 is 0.691 bits per heavy atom. The fourth-order valence-corrected chi connectivity index (χ4v) is 10.3. The zero-order valence-electron chi connectivity index (χ0n) is 38.4. The van der Waals surface area contributed by atoms with Crippen LogP contribution in [0.1, 0.15) is 27.8 Å². The van der Waals surface area contributed by atoms with Crippen LogP contribution >= 0.6 is 0 Å². The number of pyridine rings is 1. The minimum Gasteiger partial charge on any atom is -0.307 e. The van der Waals surface area contributed by atoms with E-state index in [9.17, 15) is 5.26 Å². The van der Waals surface area contributed by atoms with E-state index < -0.39 is 0 Å². The standard InChI is InChI=1S/C64H46N4/c1-40-9-5-13-46(29-40)50-21-25-59-55(33-50)56-34-51(47-14-6-10-41(2)30-47)22-26-60(56)67(59)63-39-66-64(37-54(63)45-19-17-44(38-65)18-20-45)68-61-27-23-52(48-15-7-11-42(3)31-48)35-57(61)58-36-53(24-28-62(58)68)49-16-8-12-43(4)32-49/h5-37,39H,1-4H3. The number of aromatic nitrogens is 3. The lowest BCUT2D eigenvalue weighted by Crippen LogP contribution is -2.03. The lowest BCUT2D eigenvalue weighted by atomic mass is 9.99. The SMILES string of the molecule is Cc1cccc(-c2ccc3c(c2)c2cc(-c4cccc(C)c4)ccc2n3-c2cc(-c3ccc(C#N)cc3)c(-n3c4ccc(-c5cccc(C)c5)cc4c4cc(-c5cccc(C)c5)ccc43)cn2)c1. The number of aryl methyl sites for hydroxylation is 4. The van der Waals surface area contributed by atoms with Crippen molar-refractivity contribution in [2.75, 3.05) is 0 Å². The molecule has 0 atom stereocenters. The molecule has 0 aliphatic rings. The molecule has 0 aliphatic heterocycles. The molecule has 4 heteroatoms. The molecule has 0 amide bonds. The highest BCUT2D eigenvalue weighted by atomic mass is 15.1. The van der Waals surface area contributed by atoms with Gasteiger partial charge < -0.3 is 4.57 Å². The van der Waals surface area contributed by atoms with Gasteiger partial charge >= 0.3 is 0 Å². The number of fused-ring (bicyclic) bond motifs is 6. The third-order valence-corrected chi connectivity index (χ3v) is 13.6. The van der Waals surface area contributed by atoms with E-state index >= 15 is 0 Å². The van der Waals surface area contributed by atoms with Gasteiger partial charge in [-0.15, -0.1) is 0 Å². The first-order chi connectivity index (χ1) is 33.3. The number of hydrogen-bond donors (Lipinski definition) is 0. The van der Waals surface area contributed by atoms with Gasteiger partial charge in [-0.05, 0) is 144 Å². The van der Waals surface area contributed by atoms with E-state index in [4.69, 9.17) is 4.98 Å². The lowest BCUT2D eigenvalue weighted by Gasteiger charge is -2.17. The minimum absolute atomic E-state index is 0.616. The van der Waals surface area contributed by atoms with Crippen molar-refractivity contribution >= 4 is 43.6 Å². The lowest BCUT2D eigenvalue weighted by molar-refractivity contribution is 1.06. The average molecular weight is 871 g/mol. The fourth-order valence-electron chi connectivity index (χ4n) is 10.3. The maximum atomic E-state index is 9.89. The molecule has 3 aromatic heterocycles. The minimum atomic E-state index is 0.616. The Morgan fingerprint density at radius 1 is 0.353 bits per heavy atom. The smallest absolute Gasteiger partial charge is 0.138 e. The van der Waals surface area contributed by atoms with E-state index in [1.807, 2.05) is 18.3 Å². The van der Waals surface area contributed by atoms with Crippen molar-refractivity contribution in [2.24, 2.45) is 0 Å². The molecule has 12 aromatic rings. The van der Waals surface area contributed by atoms with Crippen molar-refractivity contribution in [3.63, 3.8) is 0 Å². The van der Waals surface area contributed by atoms with Gasteiger partial charge in [0.2, 0.25) is 0 Å². The summed E-state index contributed by atoms with van der Waals surface area (Å²) in [7, 11) is 0. The maximum absolute atomic E-state index is 9.89. The van der Waals surface area contributed by atoms with Crippen LogP contribution in [0, 0.1) is 39.0 Å². The molecule has 0 bridgehead atoms. The molecular formula is C64H46N4. The highest BCUT2D eigenvalue weighted by Gasteiger charge is 2.22. The molecular weight excluding hydrogens is 825 g/mol. The Kier molecular flexibility index (Phi) is 9.74. The molecule has 12 rings (SSSR count). The van der Waals surface area contributed by atoms with Gasteiger partial charge in [-0.1, -0.05) is 156 Å². The second-order valence-electron chi connectivity index (χ2n) is 18.3. The third kappa shape index (κ3) is 7.05. The quantitative estimate of drug-likeness (QED) is 0.160. The number of hydrogen-bond acceptors (Lipinski definition) is 2. The second-order valence-corrected chi connectivity index (χ2v) is 18.3. The largest absolute Gasteiger partial charge is 0.307 e. The zero-order chi connectivity index (χ0) is 46.0. The van der Waals surface area contributed by atoms with Gasteiger partial charge in [0.05, 0.1) is 45.6 Å². The maximum Gasteiger partial charge on any atom is 0.138 e. The van der Waals surface area contributed by atoms with Gasteiger partial charge in [0.15, 0.2) is 0 Å². The molecule has 0 unspecified atom stereocenters. The molecule has 0 radical (unpaired) electrons. The van der Waals surface area contributed by atoms with Gasteiger partial charge in [0, 0.05) is 27.1 Å². The zero-order valence-corrected chi connectivity index (χ0v) is 38.4. The van der Waals surface area contributed by atoms with E-state index in [0.29, 0.717) is 5.56 Å². The highest BCUT2D eigenvalue weighted by molar-refractivity contribution is 6.13. The van der Waals surface area contributed by atoms with E-state index in [1.54, 1.807) is 0 Å². The summed E-state index contributed by atoms with van der Waals surface area (Å²) in [6.07, 6.45) is 2.05. The van der Waals surface area contributed by atoms with Gasteiger partial charge in [-0.25, -0.2) is 4.98 Å². The van der Waals surface area contributed by atoms with Crippen molar-refractivity contribution < 1.29 is 0 Å². The summed E-state index contributed by atoms with van der Waals surface area (Å²) in [6, 6.07) is 74.8. The van der Waals surface area contributed by atoms with Crippen molar-refractivity contribution in [3.8, 4) is 73.2 Å². The van der Waals surface area contributed by atoms with E-state index in [1.165, 1.54) is 77.5 Å². The Morgan fingerprint density at radius 3 is 1.04 bits per heavy atom. The molecule has 4 nitrogen and oxygen atoms in total. The normalized spacial score (nSPS) is 11.5. The van der Waals surface area contributed by atoms with Crippen LogP contribution in [0.5, 0.6) is 0 Å². The van der Waals surface area contributed by atoms with Crippen LogP contribution in [0.2, 0.25) is 0 Å². The molecule has 0 aliphatic carbocycles. The van der Waals surface area contributed by atoms with Crippen LogP contribution in [0.25, 0.3) is 111 Å². The predicted molar refractivity (Wildman–Crippen MR) is 284 cm³/mol. The molecule has 0 saturated carbocycles. The monoisotopic (exact) mass is 870 g/mol. The molecule has 0 fully saturated rings. The average Bonchev–Trinajstić information content (AvgIpc) is 3.87. The van der Waals surface area contributed by atoms with Gasteiger partial charge in [-0.2, -0.15) is 5.26 Å². The van der Waals surface area contributed by atoms with Gasteiger partial charge in [-0.3, -0.25) is 4.57 Å². The van der Waals surface area contributed by atoms with Crippen molar-refractivity contribution in [2.45, 2.75) is 27.7 Å². The molecule has 68 heavy (non-hydrogen) atoms. The molecule has 0 saturated heterocycles. The van der Waals surface area contributed by atoms with E-state index in [-0.39, 0.29) is 0 Å². The van der Waals surface area contributed by atoms with Crippen LogP contribution in [0.3, 0.4) is 0 Å². The molecule has 9 aromatic carbocycles. The third-order valence-electron chi connectivity index (χ3n) is 13.6. The van der Waals surface area contributed by atoms with E-state index in [0.717, 1.165) is 55.5 Å². The molecule has 0 N–H and O–H groups in total. The van der Waals surface area contributed by atoms with Crippen LogP contribution < -0.4 is 0 Å². The predicted octanol–water partition coefficient (Wildman–Crippen LogP) is 16.7. The fraction of sp³-hybridized carbons (Fsp3) is 0.0625. The topological polar surface area (TPSA) is 46.5 Å². The van der Waals surface area contributed by atoms with Crippen molar-refractivity contribution in [3.05, 3.63) is 234 Å². The molecule has 0 spiro atoms.